The lowest BCUT2D eigenvalue weighted by molar-refractivity contribution is 0.483. The maximum atomic E-state index is 10.6. The van der Waals surface area contributed by atoms with Gasteiger partial charge >= 0.3 is 0 Å². The summed E-state index contributed by atoms with van der Waals surface area (Å²) in [5, 5.41) is 0. The van der Waals surface area contributed by atoms with Crippen LogP contribution >= 0.6 is 0 Å². The quantitative estimate of drug-likeness (QED) is 0.706. The molecule has 1 aromatic rings. The summed E-state index contributed by atoms with van der Waals surface area (Å²) < 4.78 is 29.9. The molecule has 65 valence electrons. The van der Waals surface area contributed by atoms with Gasteiger partial charge in [0.15, 0.2) is 0 Å². The van der Waals surface area contributed by atoms with E-state index in [-0.39, 0.29) is 4.90 Å². The Hall–Kier alpha value is -0.870. The van der Waals surface area contributed by atoms with Gasteiger partial charge in [0.25, 0.3) is 10.1 Å². The summed E-state index contributed by atoms with van der Waals surface area (Å²) in [6.07, 6.45) is 0.733. The van der Waals surface area contributed by atoms with Crippen LogP contribution in [0.5, 0.6) is 0 Å². The fraction of sp³-hybridized carbons (Fsp3) is 0.250. The highest BCUT2D eigenvalue weighted by Gasteiger charge is 2.08. The molecule has 0 atom stereocenters. The van der Waals surface area contributed by atoms with Crippen LogP contribution in [0.15, 0.2) is 23.1 Å². The van der Waals surface area contributed by atoms with Crippen LogP contribution in [-0.4, -0.2) is 13.0 Å². The normalized spacial score (nSPS) is 11.5. The molecule has 0 aliphatic heterocycles. The smallest absolute Gasteiger partial charge is 0.282 e. The molecular formula is C8H9O3S. The van der Waals surface area contributed by atoms with E-state index in [1.165, 1.54) is 12.1 Å². The third kappa shape index (κ3) is 2.06. The second-order valence-corrected chi connectivity index (χ2v) is 3.78. The van der Waals surface area contributed by atoms with Crippen LogP contribution in [-0.2, 0) is 16.5 Å². The molecule has 3 nitrogen and oxygen atoms in total. The van der Waals surface area contributed by atoms with Gasteiger partial charge < -0.3 is 0 Å². The minimum Gasteiger partial charge on any atom is -0.282 e. The predicted octanol–water partition coefficient (Wildman–Crippen LogP) is 1.30. The average molecular weight is 185 g/mol. The van der Waals surface area contributed by atoms with Gasteiger partial charge in [0.1, 0.15) is 4.90 Å². The molecular weight excluding hydrogens is 176 g/mol. The van der Waals surface area contributed by atoms with E-state index in [9.17, 15) is 8.42 Å². The SMILES string of the molecule is CCc1cc[c]c(S(=O)(=O)O)c1. The van der Waals surface area contributed by atoms with E-state index in [0.29, 0.717) is 0 Å². The first-order chi connectivity index (χ1) is 5.54. The number of aryl methyl sites for hydroxylation is 1. The highest BCUT2D eigenvalue weighted by Crippen LogP contribution is 2.10. The lowest BCUT2D eigenvalue weighted by Gasteiger charge is -1.98. The Balaban J connectivity index is 3.20. The van der Waals surface area contributed by atoms with Gasteiger partial charge in [-0.3, -0.25) is 4.55 Å². The Bertz CT molecular complexity index is 368. The summed E-state index contributed by atoms with van der Waals surface area (Å²) in [4.78, 5) is -0.165. The van der Waals surface area contributed by atoms with E-state index in [4.69, 9.17) is 4.55 Å². The molecule has 1 radical (unpaired) electrons. The highest BCUT2D eigenvalue weighted by molar-refractivity contribution is 7.85. The highest BCUT2D eigenvalue weighted by atomic mass is 32.2. The van der Waals surface area contributed by atoms with Gasteiger partial charge in [-0.2, -0.15) is 8.42 Å². The third-order valence-electron chi connectivity index (χ3n) is 1.53. The van der Waals surface area contributed by atoms with Crippen molar-refractivity contribution in [2.24, 2.45) is 0 Å². The fourth-order valence-electron chi connectivity index (χ4n) is 0.858. The molecule has 0 saturated heterocycles. The first kappa shape index (κ1) is 9.22. The summed E-state index contributed by atoms with van der Waals surface area (Å²) in [6.45, 7) is 1.91. The topological polar surface area (TPSA) is 54.4 Å². The summed E-state index contributed by atoms with van der Waals surface area (Å²) >= 11 is 0. The van der Waals surface area contributed by atoms with Crippen LogP contribution in [0, 0.1) is 6.07 Å². The second-order valence-electron chi connectivity index (χ2n) is 2.39. The molecule has 4 heteroatoms. The van der Waals surface area contributed by atoms with E-state index < -0.39 is 10.1 Å². The molecule has 0 aromatic heterocycles. The molecule has 0 spiro atoms. The molecule has 0 saturated carbocycles. The minimum atomic E-state index is -4.09. The van der Waals surface area contributed by atoms with Gasteiger partial charge in [-0.1, -0.05) is 19.1 Å². The second kappa shape index (κ2) is 3.25. The summed E-state index contributed by atoms with van der Waals surface area (Å²) in [5.74, 6) is 0. The monoisotopic (exact) mass is 185 g/mol. The van der Waals surface area contributed by atoms with Crippen molar-refractivity contribution < 1.29 is 13.0 Å². The van der Waals surface area contributed by atoms with Crippen molar-refractivity contribution in [3.05, 3.63) is 29.8 Å². The fourth-order valence-corrected chi connectivity index (χ4v) is 1.38. The maximum Gasteiger partial charge on any atom is 0.295 e. The molecule has 1 N–H and O–H groups in total. The molecule has 0 unspecified atom stereocenters. The number of benzene rings is 1. The lowest BCUT2D eigenvalue weighted by atomic mass is 10.2. The van der Waals surface area contributed by atoms with Crippen molar-refractivity contribution in [1.82, 2.24) is 0 Å². The minimum absolute atomic E-state index is 0.165. The molecule has 12 heavy (non-hydrogen) atoms. The summed E-state index contributed by atoms with van der Waals surface area (Å²) in [7, 11) is -4.09. The van der Waals surface area contributed by atoms with Crippen LogP contribution in [0.4, 0.5) is 0 Å². The summed E-state index contributed by atoms with van der Waals surface area (Å²) in [6, 6.07) is 7.10. The van der Waals surface area contributed by atoms with Gasteiger partial charge in [0, 0.05) is 6.07 Å². The molecule has 0 bridgehead atoms. The van der Waals surface area contributed by atoms with Crippen molar-refractivity contribution in [2.45, 2.75) is 18.2 Å². The van der Waals surface area contributed by atoms with Crippen molar-refractivity contribution >= 4 is 10.1 Å². The molecule has 0 aliphatic carbocycles. The number of rotatable bonds is 2. The zero-order valence-corrected chi connectivity index (χ0v) is 7.43. The van der Waals surface area contributed by atoms with Gasteiger partial charge in [0.05, 0.1) is 0 Å². The Morgan fingerprint density at radius 3 is 2.75 bits per heavy atom. The molecule has 1 aromatic carbocycles. The predicted molar refractivity (Wildman–Crippen MR) is 44.5 cm³/mol. The van der Waals surface area contributed by atoms with Crippen molar-refractivity contribution in [3.63, 3.8) is 0 Å². The molecule has 0 fully saturated rings. The Labute approximate surface area is 71.8 Å². The molecule has 1 rings (SSSR count). The Morgan fingerprint density at radius 1 is 1.58 bits per heavy atom. The average Bonchev–Trinajstić information content (AvgIpc) is 2.03. The van der Waals surface area contributed by atoms with Crippen molar-refractivity contribution in [2.75, 3.05) is 0 Å². The van der Waals surface area contributed by atoms with Crippen LogP contribution < -0.4 is 0 Å². The van der Waals surface area contributed by atoms with E-state index in [1.807, 2.05) is 6.92 Å². The molecule has 0 amide bonds. The Kier molecular flexibility index (Phi) is 2.49. The largest absolute Gasteiger partial charge is 0.295 e. The van der Waals surface area contributed by atoms with Crippen LogP contribution in [0.1, 0.15) is 12.5 Å². The lowest BCUT2D eigenvalue weighted by Crippen LogP contribution is -1.98. The van der Waals surface area contributed by atoms with Crippen LogP contribution in [0.3, 0.4) is 0 Å². The zero-order chi connectivity index (χ0) is 9.19. The van der Waals surface area contributed by atoms with E-state index in [2.05, 4.69) is 6.07 Å². The first-order valence-electron chi connectivity index (χ1n) is 3.52. The summed E-state index contributed by atoms with van der Waals surface area (Å²) in [5.41, 5.74) is 0.862. The van der Waals surface area contributed by atoms with E-state index >= 15 is 0 Å². The van der Waals surface area contributed by atoms with Crippen LogP contribution in [0.2, 0.25) is 0 Å². The van der Waals surface area contributed by atoms with E-state index in [1.54, 1.807) is 6.07 Å². The molecule has 0 heterocycles. The van der Waals surface area contributed by atoms with Gasteiger partial charge in [0.2, 0.25) is 0 Å². The van der Waals surface area contributed by atoms with Gasteiger partial charge in [-0.15, -0.1) is 0 Å². The standard InChI is InChI=1S/C8H9O3S/c1-2-7-4-3-5-8(6-7)12(9,10)11/h3-4,6H,2H2,1H3,(H,9,10,11). The Morgan fingerprint density at radius 2 is 2.25 bits per heavy atom. The van der Waals surface area contributed by atoms with Crippen molar-refractivity contribution in [3.8, 4) is 0 Å². The van der Waals surface area contributed by atoms with Gasteiger partial charge in [-0.25, -0.2) is 0 Å². The first-order valence-corrected chi connectivity index (χ1v) is 4.96. The third-order valence-corrected chi connectivity index (χ3v) is 2.32. The number of hydrogen-bond acceptors (Lipinski definition) is 2. The van der Waals surface area contributed by atoms with Gasteiger partial charge in [-0.05, 0) is 18.1 Å². The molecule has 0 aliphatic rings. The van der Waals surface area contributed by atoms with Crippen molar-refractivity contribution in [1.29, 1.82) is 0 Å². The maximum absolute atomic E-state index is 10.6. The number of hydrogen-bond donors (Lipinski definition) is 1. The van der Waals surface area contributed by atoms with Crippen LogP contribution in [0.25, 0.3) is 0 Å². The van der Waals surface area contributed by atoms with E-state index in [0.717, 1.165) is 12.0 Å². The zero-order valence-electron chi connectivity index (χ0n) is 6.61.